The van der Waals surface area contributed by atoms with Gasteiger partial charge in [-0.05, 0) is 65.2 Å². The van der Waals surface area contributed by atoms with Crippen LogP contribution in [-0.4, -0.2) is 50.8 Å². The highest BCUT2D eigenvalue weighted by atomic mass is 35.5. The number of carbonyl (C=O) groups is 1. The summed E-state index contributed by atoms with van der Waals surface area (Å²) in [5, 5.41) is 21.1. The van der Waals surface area contributed by atoms with Crippen molar-refractivity contribution >= 4 is 17.6 Å². The summed E-state index contributed by atoms with van der Waals surface area (Å²) in [4.78, 5) is 36.5. The van der Waals surface area contributed by atoms with Crippen LogP contribution < -0.4 is 5.56 Å². The highest BCUT2D eigenvalue weighted by molar-refractivity contribution is 6.31. The second-order valence-corrected chi connectivity index (χ2v) is 8.75. The van der Waals surface area contributed by atoms with Gasteiger partial charge in [0, 0.05) is 22.3 Å². The number of fused-ring (bicyclic) bond motifs is 1. The van der Waals surface area contributed by atoms with Gasteiger partial charge >= 0.3 is 5.97 Å². The summed E-state index contributed by atoms with van der Waals surface area (Å²) in [5.41, 5.74) is 3.85. The van der Waals surface area contributed by atoms with Gasteiger partial charge in [0.25, 0.3) is 5.56 Å². The molecule has 36 heavy (non-hydrogen) atoms. The zero-order valence-corrected chi connectivity index (χ0v) is 19.3. The lowest BCUT2D eigenvalue weighted by Gasteiger charge is -2.15. The molecular weight excluding hydrogens is 484 g/mol. The first-order chi connectivity index (χ1) is 17.5. The van der Waals surface area contributed by atoms with E-state index in [-0.39, 0.29) is 17.3 Å². The normalized spacial score (nSPS) is 14.6. The summed E-state index contributed by atoms with van der Waals surface area (Å²) in [5.74, 6) is -0.495. The van der Waals surface area contributed by atoms with E-state index in [2.05, 4.69) is 30.5 Å². The maximum absolute atomic E-state index is 13.3. The molecular formula is C24H17ClN8O3. The quantitative estimate of drug-likeness (QED) is 0.374. The van der Waals surface area contributed by atoms with Crippen LogP contribution >= 0.6 is 11.6 Å². The van der Waals surface area contributed by atoms with E-state index in [1.807, 2.05) is 6.07 Å². The van der Waals surface area contributed by atoms with Gasteiger partial charge in [-0.1, -0.05) is 17.7 Å². The topological polar surface area (TPSA) is 144 Å². The van der Waals surface area contributed by atoms with Crippen LogP contribution in [0.2, 0.25) is 5.02 Å². The highest BCUT2D eigenvalue weighted by Crippen LogP contribution is 2.34. The Balaban J connectivity index is 1.37. The number of aryl methyl sites for hydroxylation is 1. The van der Waals surface area contributed by atoms with Crippen LogP contribution in [0.1, 0.15) is 34.5 Å². The van der Waals surface area contributed by atoms with Crippen molar-refractivity contribution in [3.05, 3.63) is 93.6 Å². The van der Waals surface area contributed by atoms with Crippen molar-refractivity contribution in [1.82, 2.24) is 39.7 Å². The first kappa shape index (κ1) is 21.9. The molecule has 1 aliphatic heterocycles. The molecule has 2 N–H and O–H groups in total. The zero-order valence-electron chi connectivity index (χ0n) is 18.5. The van der Waals surface area contributed by atoms with Crippen LogP contribution in [0.25, 0.3) is 28.2 Å². The average Bonchev–Trinajstić information content (AvgIpc) is 3.64. The lowest BCUT2D eigenvalue weighted by atomic mass is 10.0. The van der Waals surface area contributed by atoms with Gasteiger partial charge in [-0.3, -0.25) is 4.79 Å². The van der Waals surface area contributed by atoms with Crippen LogP contribution in [-0.2, 0) is 6.42 Å². The first-order valence-corrected chi connectivity index (χ1v) is 11.4. The number of nitrogens with one attached hydrogen (secondary N) is 1. The minimum absolute atomic E-state index is 0.0549. The third kappa shape index (κ3) is 3.75. The summed E-state index contributed by atoms with van der Waals surface area (Å²) in [6, 6.07) is 13.4. The molecule has 5 heterocycles. The zero-order chi connectivity index (χ0) is 24.8. The van der Waals surface area contributed by atoms with E-state index in [1.165, 1.54) is 17.1 Å². The minimum atomic E-state index is -1.10. The molecule has 0 unspecified atom stereocenters. The van der Waals surface area contributed by atoms with Crippen molar-refractivity contribution in [2.75, 3.05) is 0 Å². The van der Waals surface area contributed by atoms with Gasteiger partial charge in [-0.15, -0.1) is 5.10 Å². The van der Waals surface area contributed by atoms with Crippen molar-refractivity contribution in [2.45, 2.75) is 18.9 Å². The number of carboxylic acids is 1. The Kier molecular flexibility index (Phi) is 5.19. The molecule has 0 saturated heterocycles. The Hall–Kier alpha value is -4.64. The molecule has 0 aliphatic carbocycles. The SMILES string of the molecule is O=C(O)c1cccc(-c2cnc([C@@H]3CCc4cc(-c5cc(Cl)ccc5-n5cnnn5)cc(=O)n43)[nH]2)n1. The Morgan fingerprint density at radius 1 is 1.17 bits per heavy atom. The van der Waals surface area contributed by atoms with Crippen molar-refractivity contribution in [3.63, 3.8) is 0 Å². The summed E-state index contributed by atoms with van der Waals surface area (Å²) in [6.07, 6.45) is 4.45. The third-order valence-corrected chi connectivity index (χ3v) is 6.39. The third-order valence-electron chi connectivity index (χ3n) is 6.15. The number of carboxylic acid groups (broad SMARTS) is 1. The largest absolute Gasteiger partial charge is 0.477 e. The lowest BCUT2D eigenvalue weighted by Crippen LogP contribution is -2.23. The van der Waals surface area contributed by atoms with Crippen LogP contribution in [0.3, 0.4) is 0 Å². The van der Waals surface area contributed by atoms with Crippen LogP contribution in [0.15, 0.2) is 65.8 Å². The van der Waals surface area contributed by atoms with Crippen molar-refractivity contribution in [2.24, 2.45) is 0 Å². The fourth-order valence-electron chi connectivity index (χ4n) is 4.56. The summed E-state index contributed by atoms with van der Waals surface area (Å²) in [7, 11) is 0. The van der Waals surface area contributed by atoms with E-state index < -0.39 is 5.97 Å². The number of pyridine rings is 2. The van der Waals surface area contributed by atoms with Crippen LogP contribution in [0.5, 0.6) is 0 Å². The highest BCUT2D eigenvalue weighted by Gasteiger charge is 2.28. The molecule has 178 valence electrons. The number of aromatic nitrogens is 8. The Bertz CT molecular complexity index is 1680. The second kappa shape index (κ2) is 8.54. The van der Waals surface area contributed by atoms with Gasteiger partial charge in [0.1, 0.15) is 17.8 Å². The maximum atomic E-state index is 13.3. The Morgan fingerprint density at radius 3 is 2.86 bits per heavy atom. The number of rotatable bonds is 5. The number of imidazole rings is 1. The standard InChI is InChI=1S/C24H17ClN8O3/c25-14-4-6-20(32-12-27-30-31-32)16(10-14)13-8-15-5-7-21(33(15)22(34)9-13)23-26-11-19(29-23)17-2-1-3-18(28-17)24(35)36/h1-4,6,8-12,21H,5,7H2,(H,26,29)(H,35,36)/t21-/m0/s1. The molecule has 0 bridgehead atoms. The van der Waals surface area contributed by atoms with E-state index in [1.54, 1.807) is 47.2 Å². The second-order valence-electron chi connectivity index (χ2n) is 8.31. The molecule has 1 atom stereocenters. The van der Waals surface area contributed by atoms with Gasteiger partial charge in [-0.25, -0.2) is 14.8 Å². The summed E-state index contributed by atoms with van der Waals surface area (Å²) in [6.45, 7) is 0. The molecule has 0 fully saturated rings. The van der Waals surface area contributed by atoms with E-state index in [9.17, 15) is 14.7 Å². The molecule has 4 aromatic heterocycles. The van der Waals surface area contributed by atoms with Gasteiger partial charge in [-0.2, -0.15) is 4.68 Å². The van der Waals surface area contributed by atoms with Gasteiger partial charge in [0.05, 0.1) is 29.3 Å². The van der Waals surface area contributed by atoms with Crippen molar-refractivity contribution < 1.29 is 9.90 Å². The van der Waals surface area contributed by atoms with Crippen molar-refractivity contribution in [1.29, 1.82) is 0 Å². The van der Waals surface area contributed by atoms with Gasteiger partial charge in [0.2, 0.25) is 0 Å². The van der Waals surface area contributed by atoms with Crippen LogP contribution in [0, 0.1) is 0 Å². The lowest BCUT2D eigenvalue weighted by molar-refractivity contribution is 0.0690. The predicted octanol–water partition coefficient (Wildman–Crippen LogP) is 3.16. The molecule has 6 rings (SSSR count). The Labute approximate surface area is 208 Å². The minimum Gasteiger partial charge on any atom is -0.477 e. The molecule has 12 heteroatoms. The van der Waals surface area contributed by atoms with E-state index >= 15 is 0 Å². The first-order valence-electron chi connectivity index (χ1n) is 11.0. The Morgan fingerprint density at radius 2 is 2.06 bits per heavy atom. The number of benzene rings is 1. The fourth-order valence-corrected chi connectivity index (χ4v) is 4.73. The maximum Gasteiger partial charge on any atom is 0.354 e. The predicted molar refractivity (Wildman–Crippen MR) is 129 cm³/mol. The molecule has 0 radical (unpaired) electrons. The molecule has 1 aromatic carbocycles. The molecule has 0 saturated carbocycles. The number of hydrogen-bond donors (Lipinski definition) is 2. The molecule has 0 spiro atoms. The summed E-state index contributed by atoms with van der Waals surface area (Å²) < 4.78 is 3.26. The van der Waals surface area contributed by atoms with Gasteiger partial charge < -0.3 is 14.7 Å². The number of aromatic amines is 1. The molecule has 1 aliphatic rings. The van der Waals surface area contributed by atoms with Crippen LogP contribution in [0.4, 0.5) is 0 Å². The van der Waals surface area contributed by atoms with Gasteiger partial charge in [0.15, 0.2) is 0 Å². The van der Waals surface area contributed by atoms with Crippen molar-refractivity contribution in [3.8, 4) is 28.2 Å². The monoisotopic (exact) mass is 500 g/mol. The number of H-pyrrole nitrogens is 1. The van der Waals surface area contributed by atoms with E-state index in [4.69, 9.17) is 11.6 Å². The number of aromatic carboxylic acids is 1. The molecule has 11 nitrogen and oxygen atoms in total. The summed E-state index contributed by atoms with van der Waals surface area (Å²) >= 11 is 6.27. The number of hydrogen-bond acceptors (Lipinski definition) is 7. The number of nitrogens with zero attached hydrogens (tertiary/aromatic N) is 7. The fraction of sp³-hybridized carbons (Fsp3) is 0.125. The molecule has 5 aromatic rings. The number of halogens is 1. The van der Waals surface area contributed by atoms with E-state index in [0.29, 0.717) is 40.8 Å². The molecule has 0 amide bonds. The smallest absolute Gasteiger partial charge is 0.354 e. The average molecular weight is 501 g/mol. The number of tetrazole rings is 1. The van der Waals surface area contributed by atoms with E-state index in [0.717, 1.165) is 16.8 Å².